The fourth-order valence-electron chi connectivity index (χ4n) is 2.49. The van der Waals surface area contributed by atoms with Gasteiger partial charge in [-0.15, -0.1) is 0 Å². The van der Waals surface area contributed by atoms with Crippen LogP contribution in [0.3, 0.4) is 0 Å². The summed E-state index contributed by atoms with van der Waals surface area (Å²) in [5, 5.41) is 0. The third-order valence-corrected chi connectivity index (χ3v) is 3.90. The Morgan fingerprint density at radius 3 is 2.56 bits per heavy atom. The van der Waals surface area contributed by atoms with Crippen LogP contribution in [0.2, 0.25) is 0 Å². The molecule has 2 fully saturated rings. The van der Waals surface area contributed by atoms with Crippen LogP contribution < -0.4 is 10.6 Å². The number of hydrogen-bond acceptors (Lipinski definition) is 4. The standard InChI is InChI=1S/C13H18N4S/c14-13(18)11-2-1-3-12(15-11)17-8-6-16(7-9-17)10-4-5-10/h1-3,10H,4-9H2,(H2,14,18). The van der Waals surface area contributed by atoms with Crippen molar-refractivity contribution in [2.24, 2.45) is 5.73 Å². The molecule has 2 aliphatic rings. The second-order valence-corrected chi connectivity index (χ2v) is 5.44. The van der Waals surface area contributed by atoms with Gasteiger partial charge in [0.25, 0.3) is 0 Å². The van der Waals surface area contributed by atoms with Gasteiger partial charge in [0.05, 0.1) is 5.69 Å². The van der Waals surface area contributed by atoms with Crippen LogP contribution in [0.1, 0.15) is 18.5 Å². The number of nitrogens with zero attached hydrogens (tertiary/aromatic N) is 3. The molecule has 0 amide bonds. The molecule has 0 aromatic carbocycles. The first kappa shape index (κ1) is 11.9. The van der Waals surface area contributed by atoms with E-state index < -0.39 is 0 Å². The molecule has 0 atom stereocenters. The van der Waals surface area contributed by atoms with Crippen molar-refractivity contribution in [3.63, 3.8) is 0 Å². The lowest BCUT2D eigenvalue weighted by molar-refractivity contribution is 0.247. The van der Waals surface area contributed by atoms with Gasteiger partial charge in [-0.2, -0.15) is 0 Å². The molecule has 5 heteroatoms. The molecule has 1 aliphatic carbocycles. The Hall–Kier alpha value is -1.20. The lowest BCUT2D eigenvalue weighted by Gasteiger charge is -2.35. The molecular weight excluding hydrogens is 244 g/mol. The van der Waals surface area contributed by atoms with Gasteiger partial charge in [-0.25, -0.2) is 4.98 Å². The van der Waals surface area contributed by atoms with Gasteiger partial charge in [0.1, 0.15) is 10.8 Å². The summed E-state index contributed by atoms with van der Waals surface area (Å²) >= 11 is 4.97. The molecule has 0 unspecified atom stereocenters. The van der Waals surface area contributed by atoms with Crippen LogP contribution in [-0.4, -0.2) is 47.1 Å². The number of rotatable bonds is 3. The van der Waals surface area contributed by atoms with E-state index >= 15 is 0 Å². The molecule has 1 aromatic heterocycles. The number of anilines is 1. The first-order valence-corrected chi connectivity index (χ1v) is 6.91. The fourth-order valence-corrected chi connectivity index (χ4v) is 2.61. The minimum absolute atomic E-state index is 0.369. The Labute approximate surface area is 113 Å². The lowest BCUT2D eigenvalue weighted by atomic mass is 10.3. The van der Waals surface area contributed by atoms with Gasteiger partial charge in [-0.3, -0.25) is 4.90 Å². The van der Waals surface area contributed by atoms with Crippen LogP contribution in [0.4, 0.5) is 5.82 Å². The van der Waals surface area contributed by atoms with Crippen molar-refractivity contribution in [2.45, 2.75) is 18.9 Å². The summed E-state index contributed by atoms with van der Waals surface area (Å²) in [5.41, 5.74) is 6.34. The number of pyridine rings is 1. The van der Waals surface area contributed by atoms with E-state index in [9.17, 15) is 0 Å². The number of piperazine rings is 1. The maximum absolute atomic E-state index is 5.62. The molecule has 2 heterocycles. The van der Waals surface area contributed by atoms with E-state index in [0.717, 1.165) is 38.0 Å². The van der Waals surface area contributed by atoms with Crippen LogP contribution >= 0.6 is 12.2 Å². The average Bonchev–Trinajstić information content (AvgIpc) is 3.23. The molecule has 0 spiro atoms. The molecule has 18 heavy (non-hydrogen) atoms. The Morgan fingerprint density at radius 1 is 1.22 bits per heavy atom. The van der Waals surface area contributed by atoms with E-state index in [1.807, 2.05) is 18.2 Å². The number of nitrogens with two attached hydrogens (primary N) is 1. The largest absolute Gasteiger partial charge is 0.388 e. The summed E-state index contributed by atoms with van der Waals surface area (Å²) < 4.78 is 0. The zero-order chi connectivity index (χ0) is 12.5. The summed E-state index contributed by atoms with van der Waals surface area (Å²) in [7, 11) is 0. The smallest absolute Gasteiger partial charge is 0.129 e. The minimum Gasteiger partial charge on any atom is -0.388 e. The second-order valence-electron chi connectivity index (χ2n) is 5.00. The molecular formula is C13H18N4S. The van der Waals surface area contributed by atoms with Crippen LogP contribution in [0.25, 0.3) is 0 Å². The Bertz CT molecular complexity index is 450. The molecule has 1 saturated carbocycles. The van der Waals surface area contributed by atoms with Crippen molar-refractivity contribution in [1.82, 2.24) is 9.88 Å². The fraction of sp³-hybridized carbons (Fsp3) is 0.538. The zero-order valence-corrected chi connectivity index (χ0v) is 11.2. The summed E-state index contributed by atoms with van der Waals surface area (Å²) in [6.07, 6.45) is 2.77. The summed E-state index contributed by atoms with van der Waals surface area (Å²) in [5.74, 6) is 0.996. The highest BCUT2D eigenvalue weighted by Gasteiger charge is 2.31. The minimum atomic E-state index is 0.369. The van der Waals surface area contributed by atoms with Gasteiger partial charge in [0, 0.05) is 32.2 Å². The summed E-state index contributed by atoms with van der Waals surface area (Å²) in [6.45, 7) is 4.38. The van der Waals surface area contributed by atoms with Crippen molar-refractivity contribution in [1.29, 1.82) is 0 Å². The highest BCUT2D eigenvalue weighted by atomic mass is 32.1. The van der Waals surface area contributed by atoms with Crippen LogP contribution in [0, 0.1) is 0 Å². The molecule has 4 nitrogen and oxygen atoms in total. The number of thiocarbonyl (C=S) groups is 1. The van der Waals surface area contributed by atoms with E-state index in [0.29, 0.717) is 10.7 Å². The third kappa shape index (κ3) is 2.47. The number of aromatic nitrogens is 1. The first-order chi connectivity index (χ1) is 8.74. The van der Waals surface area contributed by atoms with Gasteiger partial charge >= 0.3 is 0 Å². The van der Waals surface area contributed by atoms with Gasteiger partial charge in [-0.1, -0.05) is 18.3 Å². The Kier molecular flexibility index (Phi) is 3.18. The highest BCUT2D eigenvalue weighted by Crippen LogP contribution is 2.28. The molecule has 1 saturated heterocycles. The average molecular weight is 262 g/mol. The van der Waals surface area contributed by atoms with Crippen molar-refractivity contribution < 1.29 is 0 Å². The van der Waals surface area contributed by atoms with Crippen LogP contribution in [-0.2, 0) is 0 Å². The quantitative estimate of drug-likeness (QED) is 0.823. The summed E-state index contributed by atoms with van der Waals surface area (Å²) in [4.78, 5) is 9.80. The number of hydrogen-bond donors (Lipinski definition) is 1. The maximum atomic E-state index is 5.62. The molecule has 0 bridgehead atoms. The molecule has 0 radical (unpaired) electrons. The van der Waals surface area contributed by atoms with E-state index in [1.165, 1.54) is 12.8 Å². The molecule has 2 N–H and O–H groups in total. The lowest BCUT2D eigenvalue weighted by Crippen LogP contribution is -2.47. The van der Waals surface area contributed by atoms with Crippen molar-refractivity contribution in [2.75, 3.05) is 31.1 Å². The predicted octanol–water partition coefficient (Wildman–Crippen LogP) is 1.00. The topological polar surface area (TPSA) is 45.4 Å². The van der Waals surface area contributed by atoms with Crippen molar-refractivity contribution in [3.05, 3.63) is 23.9 Å². The molecule has 96 valence electrons. The van der Waals surface area contributed by atoms with Gasteiger partial charge in [0.2, 0.25) is 0 Å². The van der Waals surface area contributed by atoms with Crippen LogP contribution in [0.15, 0.2) is 18.2 Å². The Balaban J connectivity index is 1.67. The molecule has 3 rings (SSSR count). The van der Waals surface area contributed by atoms with E-state index in [4.69, 9.17) is 18.0 Å². The van der Waals surface area contributed by atoms with Crippen LogP contribution in [0.5, 0.6) is 0 Å². The van der Waals surface area contributed by atoms with Crippen molar-refractivity contribution >= 4 is 23.0 Å². The zero-order valence-electron chi connectivity index (χ0n) is 10.4. The third-order valence-electron chi connectivity index (χ3n) is 3.69. The monoisotopic (exact) mass is 262 g/mol. The molecule has 1 aromatic rings. The Morgan fingerprint density at radius 2 is 1.94 bits per heavy atom. The van der Waals surface area contributed by atoms with Crippen molar-refractivity contribution in [3.8, 4) is 0 Å². The maximum Gasteiger partial charge on any atom is 0.129 e. The highest BCUT2D eigenvalue weighted by molar-refractivity contribution is 7.80. The summed E-state index contributed by atoms with van der Waals surface area (Å²) in [6, 6.07) is 6.74. The predicted molar refractivity (Wildman–Crippen MR) is 76.9 cm³/mol. The SMILES string of the molecule is NC(=S)c1cccc(N2CCN(C3CC3)CC2)n1. The second kappa shape index (κ2) is 4.82. The van der Waals surface area contributed by atoms with Gasteiger partial charge in [-0.05, 0) is 25.0 Å². The van der Waals surface area contributed by atoms with E-state index in [2.05, 4.69) is 14.8 Å². The first-order valence-electron chi connectivity index (χ1n) is 6.50. The normalized spacial score (nSPS) is 21.0. The van der Waals surface area contributed by atoms with Gasteiger partial charge in [0.15, 0.2) is 0 Å². The van der Waals surface area contributed by atoms with E-state index in [1.54, 1.807) is 0 Å². The van der Waals surface area contributed by atoms with E-state index in [-0.39, 0.29) is 0 Å². The molecule has 1 aliphatic heterocycles. The van der Waals surface area contributed by atoms with Gasteiger partial charge < -0.3 is 10.6 Å².